The van der Waals surface area contributed by atoms with Gasteiger partial charge in [0.2, 0.25) is 0 Å². The van der Waals surface area contributed by atoms with Gasteiger partial charge in [0.15, 0.2) is 5.58 Å². The van der Waals surface area contributed by atoms with Crippen LogP contribution in [0.4, 0.5) is 5.69 Å². The van der Waals surface area contributed by atoms with Crippen molar-refractivity contribution in [1.82, 2.24) is 9.88 Å². The number of benzene rings is 2. The van der Waals surface area contributed by atoms with E-state index < -0.39 is 5.76 Å². The third-order valence-corrected chi connectivity index (χ3v) is 4.36. The van der Waals surface area contributed by atoms with Gasteiger partial charge in [0.05, 0.1) is 5.52 Å². The minimum Gasteiger partial charge on any atom is -0.408 e. The van der Waals surface area contributed by atoms with E-state index in [1.165, 1.54) is 0 Å². The normalized spacial score (nSPS) is 15.0. The van der Waals surface area contributed by atoms with E-state index in [1.54, 1.807) is 0 Å². The predicted octanol–water partition coefficient (Wildman–Crippen LogP) is 2.08. The van der Waals surface area contributed by atoms with Crippen LogP contribution >= 0.6 is 0 Å². The lowest BCUT2D eigenvalue weighted by atomic mass is 10.1. The molecule has 3 aromatic rings. The Morgan fingerprint density at radius 3 is 2.50 bits per heavy atom. The van der Waals surface area contributed by atoms with Gasteiger partial charge in [-0.2, -0.15) is 0 Å². The standard InChI is InChI=1S/C18H17N3O3/c22-17(13-4-2-1-3-5-13)21-10-8-20(9-11-21)14-6-7-15-16(12-14)24-18(23)19-15/h1-7,12H,8-11H2,(H,19,23). The van der Waals surface area contributed by atoms with Crippen molar-refractivity contribution in [2.24, 2.45) is 0 Å². The zero-order valence-electron chi connectivity index (χ0n) is 13.1. The fourth-order valence-electron chi connectivity index (χ4n) is 3.06. The summed E-state index contributed by atoms with van der Waals surface area (Å²) in [5.41, 5.74) is 2.97. The molecule has 0 aliphatic carbocycles. The molecule has 1 aliphatic heterocycles. The molecule has 2 heterocycles. The Morgan fingerprint density at radius 1 is 1.00 bits per heavy atom. The minimum absolute atomic E-state index is 0.0716. The summed E-state index contributed by atoms with van der Waals surface area (Å²) in [4.78, 5) is 30.4. The van der Waals surface area contributed by atoms with Gasteiger partial charge in [-0.1, -0.05) is 18.2 Å². The Kier molecular flexibility index (Phi) is 3.57. The number of aromatic nitrogens is 1. The van der Waals surface area contributed by atoms with Crippen molar-refractivity contribution in [2.45, 2.75) is 0 Å². The number of nitrogens with zero attached hydrogens (tertiary/aromatic N) is 2. The molecule has 0 saturated carbocycles. The van der Waals surface area contributed by atoms with E-state index in [9.17, 15) is 9.59 Å². The molecule has 122 valence electrons. The molecule has 2 aromatic carbocycles. The average molecular weight is 323 g/mol. The third kappa shape index (κ3) is 2.67. The van der Waals surface area contributed by atoms with Crippen LogP contribution in [0, 0.1) is 0 Å². The molecule has 4 rings (SSSR count). The maximum Gasteiger partial charge on any atom is 0.417 e. The summed E-state index contributed by atoms with van der Waals surface area (Å²) in [6.45, 7) is 2.84. The molecule has 1 N–H and O–H groups in total. The molecule has 1 aromatic heterocycles. The molecule has 0 bridgehead atoms. The number of oxazole rings is 1. The summed E-state index contributed by atoms with van der Waals surface area (Å²) in [6, 6.07) is 15.0. The number of aromatic amines is 1. The fraction of sp³-hybridized carbons (Fsp3) is 0.222. The van der Waals surface area contributed by atoms with Crippen LogP contribution in [0.2, 0.25) is 0 Å². The maximum absolute atomic E-state index is 12.5. The number of carbonyl (C=O) groups is 1. The number of H-pyrrole nitrogens is 1. The Balaban J connectivity index is 1.47. The zero-order chi connectivity index (χ0) is 16.5. The molecule has 6 nitrogen and oxygen atoms in total. The number of anilines is 1. The molecule has 1 amide bonds. The summed E-state index contributed by atoms with van der Waals surface area (Å²) in [6.07, 6.45) is 0. The van der Waals surface area contributed by atoms with Gasteiger partial charge in [-0.25, -0.2) is 4.79 Å². The summed E-state index contributed by atoms with van der Waals surface area (Å²) < 4.78 is 5.11. The van der Waals surface area contributed by atoms with Crippen LogP contribution in [0.3, 0.4) is 0 Å². The van der Waals surface area contributed by atoms with Crippen molar-refractivity contribution < 1.29 is 9.21 Å². The van der Waals surface area contributed by atoms with Crippen LogP contribution in [0.1, 0.15) is 10.4 Å². The highest BCUT2D eigenvalue weighted by atomic mass is 16.4. The first-order chi connectivity index (χ1) is 11.7. The van der Waals surface area contributed by atoms with Crippen LogP contribution in [0.25, 0.3) is 11.1 Å². The quantitative estimate of drug-likeness (QED) is 0.784. The van der Waals surface area contributed by atoms with E-state index in [0.29, 0.717) is 24.2 Å². The van der Waals surface area contributed by atoms with Gasteiger partial charge >= 0.3 is 5.76 Å². The lowest BCUT2D eigenvalue weighted by Crippen LogP contribution is -2.48. The molecule has 6 heteroatoms. The molecular weight excluding hydrogens is 306 g/mol. The Bertz CT molecular complexity index is 921. The number of nitrogens with one attached hydrogen (secondary N) is 1. The van der Waals surface area contributed by atoms with E-state index in [4.69, 9.17) is 4.42 Å². The van der Waals surface area contributed by atoms with Gasteiger partial charge < -0.3 is 14.2 Å². The van der Waals surface area contributed by atoms with Crippen LogP contribution in [0.15, 0.2) is 57.7 Å². The minimum atomic E-state index is -0.444. The summed E-state index contributed by atoms with van der Waals surface area (Å²) in [5.74, 6) is -0.372. The average Bonchev–Trinajstić information content (AvgIpc) is 3.01. The fourth-order valence-corrected chi connectivity index (χ4v) is 3.06. The van der Waals surface area contributed by atoms with Crippen molar-refractivity contribution in [2.75, 3.05) is 31.1 Å². The van der Waals surface area contributed by atoms with Crippen LogP contribution in [-0.4, -0.2) is 42.0 Å². The SMILES string of the molecule is O=C(c1ccccc1)N1CCN(c2ccc3[nH]c(=O)oc3c2)CC1. The first kappa shape index (κ1) is 14.6. The van der Waals surface area contributed by atoms with Gasteiger partial charge in [-0.3, -0.25) is 9.78 Å². The number of fused-ring (bicyclic) bond motifs is 1. The van der Waals surface area contributed by atoms with E-state index >= 15 is 0 Å². The summed E-state index contributed by atoms with van der Waals surface area (Å²) >= 11 is 0. The Labute approximate surface area is 138 Å². The van der Waals surface area contributed by atoms with Gasteiger partial charge in [0, 0.05) is 43.5 Å². The number of hydrogen-bond acceptors (Lipinski definition) is 4. The van der Waals surface area contributed by atoms with E-state index in [1.807, 2.05) is 53.4 Å². The molecule has 1 fully saturated rings. The molecule has 0 radical (unpaired) electrons. The van der Waals surface area contributed by atoms with Crippen molar-refractivity contribution in [3.05, 3.63) is 64.6 Å². The molecule has 1 aliphatic rings. The third-order valence-electron chi connectivity index (χ3n) is 4.36. The van der Waals surface area contributed by atoms with Crippen LogP contribution in [0.5, 0.6) is 0 Å². The maximum atomic E-state index is 12.5. The second-order valence-electron chi connectivity index (χ2n) is 5.84. The molecule has 0 spiro atoms. The molecule has 24 heavy (non-hydrogen) atoms. The highest BCUT2D eigenvalue weighted by Crippen LogP contribution is 2.22. The van der Waals surface area contributed by atoms with Gasteiger partial charge in [-0.05, 0) is 24.3 Å². The number of carbonyl (C=O) groups excluding carboxylic acids is 1. The topological polar surface area (TPSA) is 69.6 Å². The van der Waals surface area contributed by atoms with Gasteiger partial charge in [0.25, 0.3) is 5.91 Å². The Morgan fingerprint density at radius 2 is 1.75 bits per heavy atom. The molecule has 1 saturated heterocycles. The molecule has 0 atom stereocenters. The number of amides is 1. The van der Waals surface area contributed by atoms with Crippen molar-refractivity contribution >= 4 is 22.7 Å². The second kappa shape index (κ2) is 5.88. The van der Waals surface area contributed by atoms with E-state index in [-0.39, 0.29) is 5.91 Å². The van der Waals surface area contributed by atoms with Crippen molar-refractivity contribution in [1.29, 1.82) is 0 Å². The molecular formula is C18H17N3O3. The first-order valence-electron chi connectivity index (χ1n) is 7.93. The lowest BCUT2D eigenvalue weighted by molar-refractivity contribution is 0.0747. The largest absolute Gasteiger partial charge is 0.417 e. The monoisotopic (exact) mass is 323 g/mol. The van der Waals surface area contributed by atoms with Crippen LogP contribution in [-0.2, 0) is 0 Å². The number of hydrogen-bond donors (Lipinski definition) is 1. The van der Waals surface area contributed by atoms with E-state index in [2.05, 4.69) is 9.88 Å². The Hall–Kier alpha value is -3.02. The first-order valence-corrected chi connectivity index (χ1v) is 7.93. The number of piperazine rings is 1. The van der Waals surface area contributed by atoms with Crippen molar-refractivity contribution in [3.63, 3.8) is 0 Å². The van der Waals surface area contributed by atoms with Crippen molar-refractivity contribution in [3.8, 4) is 0 Å². The summed E-state index contributed by atoms with van der Waals surface area (Å²) in [5, 5.41) is 0. The predicted molar refractivity (Wildman–Crippen MR) is 91.4 cm³/mol. The highest BCUT2D eigenvalue weighted by molar-refractivity contribution is 5.94. The zero-order valence-corrected chi connectivity index (χ0v) is 13.1. The molecule has 0 unspecified atom stereocenters. The van der Waals surface area contributed by atoms with E-state index in [0.717, 1.165) is 24.3 Å². The summed E-state index contributed by atoms with van der Waals surface area (Å²) in [7, 11) is 0. The highest BCUT2D eigenvalue weighted by Gasteiger charge is 2.22. The van der Waals surface area contributed by atoms with Gasteiger partial charge in [-0.15, -0.1) is 0 Å². The van der Waals surface area contributed by atoms with Gasteiger partial charge in [0.1, 0.15) is 0 Å². The smallest absolute Gasteiger partial charge is 0.408 e. The van der Waals surface area contributed by atoms with Crippen LogP contribution < -0.4 is 10.7 Å². The number of rotatable bonds is 2. The second-order valence-corrected chi connectivity index (χ2v) is 5.84. The lowest BCUT2D eigenvalue weighted by Gasteiger charge is -2.36.